The number of rotatable bonds is 4. The quantitative estimate of drug-likeness (QED) is 0.651. The van der Waals surface area contributed by atoms with Crippen LogP contribution >= 0.6 is 0 Å². The molecule has 0 amide bonds. The van der Waals surface area contributed by atoms with Crippen molar-refractivity contribution in [3.63, 3.8) is 0 Å². The fourth-order valence-corrected chi connectivity index (χ4v) is 2.13. The Balaban J connectivity index is 2.31. The second-order valence-electron chi connectivity index (χ2n) is 3.74. The van der Waals surface area contributed by atoms with Gasteiger partial charge in [0.25, 0.3) is 0 Å². The summed E-state index contributed by atoms with van der Waals surface area (Å²) >= 11 is 0. The van der Waals surface area contributed by atoms with Gasteiger partial charge in [-0.25, -0.2) is 13.1 Å². The average molecular weight is 222 g/mol. The number of piperidine rings is 1. The number of hydrogen-bond acceptors (Lipinski definition) is 4. The lowest BCUT2D eigenvalue weighted by atomic mass is 9.98. The van der Waals surface area contributed by atoms with Gasteiger partial charge in [-0.3, -0.25) is 0 Å². The van der Waals surface area contributed by atoms with Crippen LogP contribution in [0.1, 0.15) is 6.42 Å². The number of ether oxygens (including phenoxy) is 1. The van der Waals surface area contributed by atoms with Crippen molar-refractivity contribution in [1.82, 2.24) is 10.0 Å². The van der Waals surface area contributed by atoms with E-state index in [0.717, 1.165) is 19.5 Å². The highest BCUT2D eigenvalue weighted by Gasteiger charge is 2.21. The van der Waals surface area contributed by atoms with E-state index >= 15 is 0 Å². The maximum absolute atomic E-state index is 10.9. The smallest absolute Gasteiger partial charge is 0.208 e. The van der Waals surface area contributed by atoms with E-state index in [1.807, 2.05) is 0 Å². The third-order valence-corrected chi connectivity index (χ3v) is 3.06. The molecule has 1 rings (SSSR count). The molecular formula is C8H18N2O3S. The molecule has 84 valence electrons. The van der Waals surface area contributed by atoms with E-state index in [9.17, 15) is 8.42 Å². The Morgan fingerprint density at radius 1 is 1.50 bits per heavy atom. The van der Waals surface area contributed by atoms with Crippen LogP contribution in [-0.4, -0.2) is 47.5 Å². The summed E-state index contributed by atoms with van der Waals surface area (Å²) in [7, 11) is -1.39. The highest BCUT2D eigenvalue weighted by molar-refractivity contribution is 7.88. The number of methoxy groups -OCH3 is 1. The van der Waals surface area contributed by atoms with Crippen LogP contribution in [0.25, 0.3) is 0 Å². The molecule has 0 aliphatic carbocycles. The van der Waals surface area contributed by atoms with Crippen LogP contribution in [0.3, 0.4) is 0 Å². The van der Waals surface area contributed by atoms with Gasteiger partial charge in [0.05, 0.1) is 12.4 Å². The molecule has 1 aliphatic heterocycles. The van der Waals surface area contributed by atoms with Crippen molar-refractivity contribution in [2.45, 2.75) is 12.5 Å². The zero-order valence-electron chi connectivity index (χ0n) is 8.62. The molecule has 0 spiro atoms. The molecule has 1 aliphatic rings. The van der Waals surface area contributed by atoms with E-state index in [-0.39, 0.29) is 6.10 Å². The minimum atomic E-state index is -3.07. The molecule has 6 heteroatoms. The summed E-state index contributed by atoms with van der Waals surface area (Å²) in [6, 6.07) is 0. The van der Waals surface area contributed by atoms with E-state index in [1.54, 1.807) is 7.11 Å². The van der Waals surface area contributed by atoms with Crippen molar-refractivity contribution < 1.29 is 13.2 Å². The van der Waals surface area contributed by atoms with Crippen molar-refractivity contribution in [1.29, 1.82) is 0 Å². The summed E-state index contributed by atoms with van der Waals surface area (Å²) in [5.74, 6) is 0.323. The molecule has 0 aromatic heterocycles. The predicted molar refractivity (Wildman–Crippen MR) is 54.6 cm³/mol. The third-order valence-electron chi connectivity index (χ3n) is 2.37. The first-order chi connectivity index (χ1) is 6.51. The second-order valence-corrected chi connectivity index (χ2v) is 5.57. The van der Waals surface area contributed by atoms with Crippen molar-refractivity contribution in [2.24, 2.45) is 5.92 Å². The van der Waals surface area contributed by atoms with Crippen LogP contribution in [0.15, 0.2) is 0 Å². The van der Waals surface area contributed by atoms with Gasteiger partial charge in [0.15, 0.2) is 0 Å². The fourth-order valence-electron chi connectivity index (χ4n) is 1.59. The van der Waals surface area contributed by atoms with Gasteiger partial charge in [-0.15, -0.1) is 0 Å². The van der Waals surface area contributed by atoms with Gasteiger partial charge in [0.2, 0.25) is 10.0 Å². The van der Waals surface area contributed by atoms with Crippen molar-refractivity contribution >= 4 is 10.0 Å². The predicted octanol–water partition coefficient (Wildman–Crippen LogP) is -0.840. The molecule has 0 aromatic rings. The van der Waals surface area contributed by atoms with Crippen LogP contribution < -0.4 is 10.0 Å². The van der Waals surface area contributed by atoms with E-state index < -0.39 is 10.0 Å². The van der Waals surface area contributed by atoms with E-state index in [4.69, 9.17) is 4.74 Å². The lowest BCUT2D eigenvalue weighted by Crippen LogP contribution is -2.44. The first-order valence-electron chi connectivity index (χ1n) is 4.69. The Bertz CT molecular complexity index is 266. The van der Waals surface area contributed by atoms with Crippen molar-refractivity contribution in [3.05, 3.63) is 0 Å². The number of hydrogen-bond donors (Lipinski definition) is 2. The monoisotopic (exact) mass is 222 g/mol. The van der Waals surface area contributed by atoms with Gasteiger partial charge in [-0.05, 0) is 18.9 Å². The maximum Gasteiger partial charge on any atom is 0.208 e. The van der Waals surface area contributed by atoms with Crippen LogP contribution in [-0.2, 0) is 14.8 Å². The van der Waals surface area contributed by atoms with E-state index in [1.165, 1.54) is 6.26 Å². The Morgan fingerprint density at radius 3 is 2.79 bits per heavy atom. The van der Waals surface area contributed by atoms with Gasteiger partial charge in [0.1, 0.15) is 0 Å². The lowest BCUT2D eigenvalue weighted by Gasteiger charge is -2.28. The largest absolute Gasteiger partial charge is 0.380 e. The standard InChI is InChI=1S/C8H18N2O3S/c1-13-8-3-7(4-9-6-8)5-10-14(2,11)12/h7-10H,3-6H2,1-2H3. The molecule has 2 N–H and O–H groups in total. The molecule has 2 atom stereocenters. The fraction of sp³-hybridized carbons (Fsp3) is 1.00. The molecule has 0 saturated carbocycles. The van der Waals surface area contributed by atoms with Gasteiger partial charge < -0.3 is 10.1 Å². The summed E-state index contributed by atoms with van der Waals surface area (Å²) in [5.41, 5.74) is 0. The maximum atomic E-state index is 10.9. The SMILES string of the molecule is COC1CNCC(CNS(C)(=O)=O)C1. The Morgan fingerprint density at radius 2 is 2.21 bits per heavy atom. The molecule has 5 nitrogen and oxygen atoms in total. The van der Waals surface area contributed by atoms with E-state index in [0.29, 0.717) is 12.5 Å². The molecule has 0 bridgehead atoms. The molecule has 1 heterocycles. The normalized spacial score (nSPS) is 29.0. The zero-order valence-corrected chi connectivity index (χ0v) is 9.43. The lowest BCUT2D eigenvalue weighted by molar-refractivity contribution is 0.0625. The molecule has 0 aromatic carbocycles. The van der Waals surface area contributed by atoms with E-state index in [2.05, 4.69) is 10.0 Å². The van der Waals surface area contributed by atoms with Gasteiger partial charge in [0, 0.05) is 20.2 Å². The number of nitrogens with one attached hydrogen (secondary N) is 2. The highest BCUT2D eigenvalue weighted by atomic mass is 32.2. The summed E-state index contributed by atoms with van der Waals surface area (Å²) in [6.07, 6.45) is 2.29. The van der Waals surface area contributed by atoms with Crippen LogP contribution in [0.4, 0.5) is 0 Å². The molecule has 1 saturated heterocycles. The molecule has 2 unspecified atom stereocenters. The summed E-state index contributed by atoms with van der Waals surface area (Å²) in [4.78, 5) is 0. The Kier molecular flexibility index (Phi) is 4.31. The first kappa shape index (κ1) is 11.9. The average Bonchev–Trinajstić information content (AvgIpc) is 2.14. The van der Waals surface area contributed by atoms with Crippen molar-refractivity contribution in [3.8, 4) is 0 Å². The molecule has 1 fully saturated rings. The van der Waals surface area contributed by atoms with Gasteiger partial charge in [-0.2, -0.15) is 0 Å². The molecular weight excluding hydrogens is 204 g/mol. The minimum absolute atomic E-state index is 0.204. The van der Waals surface area contributed by atoms with Crippen LogP contribution in [0.5, 0.6) is 0 Å². The first-order valence-corrected chi connectivity index (χ1v) is 6.58. The van der Waals surface area contributed by atoms with Gasteiger partial charge >= 0.3 is 0 Å². The highest BCUT2D eigenvalue weighted by Crippen LogP contribution is 2.11. The third kappa shape index (κ3) is 4.36. The van der Waals surface area contributed by atoms with Gasteiger partial charge in [-0.1, -0.05) is 0 Å². The summed E-state index contributed by atoms with van der Waals surface area (Å²) in [6.45, 7) is 2.19. The molecule has 14 heavy (non-hydrogen) atoms. The molecule has 0 radical (unpaired) electrons. The van der Waals surface area contributed by atoms with Crippen LogP contribution in [0.2, 0.25) is 0 Å². The summed E-state index contributed by atoms with van der Waals surface area (Å²) < 4.78 is 29.5. The zero-order chi connectivity index (χ0) is 10.6. The second kappa shape index (κ2) is 5.06. The van der Waals surface area contributed by atoms with Crippen molar-refractivity contribution in [2.75, 3.05) is 33.0 Å². The Labute approximate surface area is 85.3 Å². The Hall–Kier alpha value is -0.170. The van der Waals surface area contributed by atoms with Crippen LogP contribution in [0, 0.1) is 5.92 Å². The number of sulfonamides is 1. The topological polar surface area (TPSA) is 67.4 Å². The minimum Gasteiger partial charge on any atom is -0.380 e. The summed E-state index contributed by atoms with van der Waals surface area (Å²) in [5, 5.41) is 3.21.